The third kappa shape index (κ3) is 4.49. The summed E-state index contributed by atoms with van der Waals surface area (Å²) in [5.74, 6) is 0.274. The van der Waals surface area contributed by atoms with Gasteiger partial charge < -0.3 is 9.47 Å². The van der Waals surface area contributed by atoms with Crippen LogP contribution in [0.3, 0.4) is 0 Å². The molecule has 1 atom stereocenters. The highest BCUT2D eigenvalue weighted by molar-refractivity contribution is 7.15. The van der Waals surface area contributed by atoms with E-state index in [1.165, 1.54) is 17.4 Å². The topological polar surface area (TPSA) is 108 Å². The Morgan fingerprint density at radius 1 is 1.34 bits per heavy atom. The van der Waals surface area contributed by atoms with E-state index < -0.39 is 5.91 Å². The molecule has 1 fully saturated rings. The number of aromatic nitrogens is 4. The molecule has 2 aromatic heterocycles. The van der Waals surface area contributed by atoms with Gasteiger partial charge >= 0.3 is 0 Å². The summed E-state index contributed by atoms with van der Waals surface area (Å²) in [6.45, 7) is 0.482. The number of amides is 1. The minimum atomic E-state index is -0.405. The lowest BCUT2D eigenvalue weighted by molar-refractivity contribution is -0.117. The Bertz CT molecular complexity index is 1070. The lowest BCUT2D eigenvalue weighted by Crippen LogP contribution is -2.29. The van der Waals surface area contributed by atoms with Gasteiger partial charge in [-0.25, -0.2) is 4.68 Å². The third-order valence-corrected chi connectivity index (χ3v) is 5.35. The molecule has 0 spiro atoms. The zero-order chi connectivity index (χ0) is 20.2. The van der Waals surface area contributed by atoms with E-state index in [0.717, 1.165) is 28.1 Å². The van der Waals surface area contributed by atoms with Crippen LogP contribution in [0.4, 0.5) is 5.13 Å². The van der Waals surface area contributed by atoms with Crippen LogP contribution in [0, 0.1) is 0 Å². The quantitative estimate of drug-likeness (QED) is 0.660. The highest BCUT2D eigenvalue weighted by atomic mass is 32.1. The number of carbonyl (C=O) groups is 1. The monoisotopic (exact) mass is 413 g/mol. The van der Waals surface area contributed by atoms with Crippen LogP contribution in [0.1, 0.15) is 24.0 Å². The maximum Gasteiger partial charge on any atom is 0.267 e. The molecular formula is C19H19N5O4S. The fourth-order valence-electron chi connectivity index (χ4n) is 2.98. The van der Waals surface area contributed by atoms with Crippen LogP contribution in [0.5, 0.6) is 5.75 Å². The van der Waals surface area contributed by atoms with Crippen molar-refractivity contribution in [1.82, 2.24) is 20.0 Å². The molecule has 4 rings (SSSR count). The smallest absolute Gasteiger partial charge is 0.267 e. The van der Waals surface area contributed by atoms with E-state index >= 15 is 0 Å². The molecule has 0 saturated carbocycles. The largest absolute Gasteiger partial charge is 0.497 e. The first kappa shape index (κ1) is 19.2. The Kier molecular flexibility index (Phi) is 5.63. The van der Waals surface area contributed by atoms with E-state index in [2.05, 4.69) is 20.6 Å². The second kappa shape index (κ2) is 8.50. The Morgan fingerprint density at radius 3 is 3.03 bits per heavy atom. The van der Waals surface area contributed by atoms with Gasteiger partial charge in [-0.15, -0.1) is 10.2 Å². The van der Waals surface area contributed by atoms with Crippen molar-refractivity contribution in [2.75, 3.05) is 19.0 Å². The van der Waals surface area contributed by atoms with E-state index in [9.17, 15) is 9.59 Å². The van der Waals surface area contributed by atoms with Gasteiger partial charge in [-0.05, 0) is 31.0 Å². The van der Waals surface area contributed by atoms with Gasteiger partial charge in [0.15, 0.2) is 0 Å². The number of nitrogens with zero attached hydrogens (tertiary/aromatic N) is 4. The van der Waals surface area contributed by atoms with Crippen molar-refractivity contribution in [2.45, 2.75) is 25.5 Å². The molecule has 0 aliphatic carbocycles. The van der Waals surface area contributed by atoms with Crippen LogP contribution in [0.25, 0.3) is 11.3 Å². The molecule has 0 unspecified atom stereocenters. The van der Waals surface area contributed by atoms with E-state index in [1.54, 1.807) is 13.2 Å². The molecule has 1 aliphatic heterocycles. The van der Waals surface area contributed by atoms with Gasteiger partial charge in [0.2, 0.25) is 11.0 Å². The van der Waals surface area contributed by atoms with Crippen molar-refractivity contribution in [3.8, 4) is 17.0 Å². The minimum absolute atomic E-state index is 0.0537. The van der Waals surface area contributed by atoms with Gasteiger partial charge in [-0.3, -0.25) is 14.9 Å². The molecule has 1 aromatic carbocycles. The van der Waals surface area contributed by atoms with Gasteiger partial charge in [-0.1, -0.05) is 23.5 Å². The predicted molar refractivity (Wildman–Crippen MR) is 107 cm³/mol. The highest BCUT2D eigenvalue weighted by Crippen LogP contribution is 2.31. The van der Waals surface area contributed by atoms with Gasteiger partial charge in [-0.2, -0.15) is 5.10 Å². The van der Waals surface area contributed by atoms with Crippen LogP contribution in [0.2, 0.25) is 0 Å². The number of ether oxygens (including phenoxy) is 2. The zero-order valence-corrected chi connectivity index (χ0v) is 16.5. The van der Waals surface area contributed by atoms with Crippen LogP contribution in [0.15, 0.2) is 41.2 Å². The molecule has 0 radical (unpaired) electrons. The molecule has 1 amide bonds. The van der Waals surface area contributed by atoms with E-state index in [-0.39, 0.29) is 18.2 Å². The number of anilines is 1. The average Bonchev–Trinajstić information content (AvgIpc) is 3.41. The van der Waals surface area contributed by atoms with Gasteiger partial charge in [0, 0.05) is 18.2 Å². The molecule has 1 N–H and O–H groups in total. The third-order valence-electron chi connectivity index (χ3n) is 4.42. The van der Waals surface area contributed by atoms with E-state index in [0.29, 0.717) is 23.2 Å². The van der Waals surface area contributed by atoms with Crippen molar-refractivity contribution < 1.29 is 14.3 Å². The standard InChI is InChI=1S/C19H19N5O4S/c1-27-13-5-2-4-12(10-13)14-7-8-17(26)24(23-14)11-16(25)20-19-22-21-18(29-19)15-6-3-9-28-15/h2,4-5,7-8,10,15H,3,6,9,11H2,1H3,(H,20,22,25)/t15-/m0/s1. The summed E-state index contributed by atoms with van der Waals surface area (Å²) < 4.78 is 11.9. The first-order chi connectivity index (χ1) is 14.1. The van der Waals surface area contributed by atoms with Crippen LogP contribution in [-0.4, -0.2) is 39.6 Å². The number of hydrogen-bond acceptors (Lipinski definition) is 8. The minimum Gasteiger partial charge on any atom is -0.497 e. The number of rotatable bonds is 6. The number of hydrogen-bond donors (Lipinski definition) is 1. The number of methoxy groups -OCH3 is 1. The summed E-state index contributed by atoms with van der Waals surface area (Å²) in [5, 5.41) is 16.2. The Labute approximate surface area is 170 Å². The van der Waals surface area contributed by atoms with E-state index in [4.69, 9.17) is 9.47 Å². The molecule has 1 saturated heterocycles. The zero-order valence-electron chi connectivity index (χ0n) is 15.7. The Hall–Kier alpha value is -3.11. The first-order valence-electron chi connectivity index (χ1n) is 9.10. The van der Waals surface area contributed by atoms with Gasteiger partial charge in [0.25, 0.3) is 5.56 Å². The lowest BCUT2D eigenvalue weighted by Gasteiger charge is -2.08. The van der Waals surface area contributed by atoms with Crippen LogP contribution in [-0.2, 0) is 16.1 Å². The summed E-state index contributed by atoms with van der Waals surface area (Å²) in [5.41, 5.74) is 0.973. The SMILES string of the molecule is COc1cccc(-c2ccc(=O)n(CC(=O)Nc3nnc([C@@H]4CCCO4)s3)n2)c1. The number of benzene rings is 1. The van der Waals surface area contributed by atoms with Crippen molar-refractivity contribution in [1.29, 1.82) is 0 Å². The van der Waals surface area contributed by atoms with Crippen molar-refractivity contribution in [3.63, 3.8) is 0 Å². The molecular weight excluding hydrogens is 394 g/mol. The molecule has 150 valence electrons. The summed E-state index contributed by atoms with van der Waals surface area (Å²) in [6, 6.07) is 10.3. The van der Waals surface area contributed by atoms with Crippen molar-refractivity contribution >= 4 is 22.4 Å². The maximum absolute atomic E-state index is 12.4. The fourth-order valence-corrected chi connectivity index (χ4v) is 3.82. The summed E-state index contributed by atoms with van der Waals surface area (Å²) in [6.07, 6.45) is 1.84. The van der Waals surface area contributed by atoms with Crippen LogP contribution >= 0.6 is 11.3 Å². The number of nitrogens with one attached hydrogen (secondary N) is 1. The van der Waals surface area contributed by atoms with Crippen molar-refractivity contribution in [2.24, 2.45) is 0 Å². The summed E-state index contributed by atoms with van der Waals surface area (Å²) in [7, 11) is 1.58. The summed E-state index contributed by atoms with van der Waals surface area (Å²) >= 11 is 1.28. The number of carbonyl (C=O) groups excluding carboxylic acids is 1. The molecule has 0 bridgehead atoms. The van der Waals surface area contributed by atoms with E-state index in [1.807, 2.05) is 24.3 Å². The Balaban J connectivity index is 1.47. The maximum atomic E-state index is 12.4. The molecule has 9 nitrogen and oxygen atoms in total. The molecule has 29 heavy (non-hydrogen) atoms. The van der Waals surface area contributed by atoms with Crippen molar-refractivity contribution in [3.05, 3.63) is 51.8 Å². The second-order valence-electron chi connectivity index (χ2n) is 6.44. The van der Waals surface area contributed by atoms with Crippen LogP contribution < -0.4 is 15.6 Å². The molecule has 1 aliphatic rings. The predicted octanol–water partition coefficient (Wildman–Crippen LogP) is 2.26. The normalized spacial score (nSPS) is 16.0. The average molecular weight is 413 g/mol. The van der Waals surface area contributed by atoms with Gasteiger partial charge in [0.05, 0.1) is 12.8 Å². The fraction of sp³-hybridized carbons (Fsp3) is 0.316. The molecule has 3 aromatic rings. The Morgan fingerprint density at radius 2 is 2.24 bits per heavy atom. The molecule has 10 heteroatoms. The second-order valence-corrected chi connectivity index (χ2v) is 7.45. The lowest BCUT2D eigenvalue weighted by atomic mass is 10.1. The highest BCUT2D eigenvalue weighted by Gasteiger charge is 2.22. The summed E-state index contributed by atoms with van der Waals surface area (Å²) in [4.78, 5) is 24.5. The van der Waals surface area contributed by atoms with Gasteiger partial charge in [0.1, 0.15) is 23.4 Å². The first-order valence-corrected chi connectivity index (χ1v) is 9.91. The molecule has 3 heterocycles.